The first-order valence-electron chi connectivity index (χ1n) is 5.82. The summed E-state index contributed by atoms with van der Waals surface area (Å²) >= 11 is 6.03. The molecule has 1 atom stereocenters. The van der Waals surface area contributed by atoms with E-state index in [4.69, 9.17) is 11.6 Å². The Kier molecular flexibility index (Phi) is 4.16. The predicted octanol–water partition coefficient (Wildman–Crippen LogP) is 3.48. The van der Waals surface area contributed by atoms with Gasteiger partial charge in [-0.15, -0.1) is 0 Å². The molecule has 0 amide bonds. The van der Waals surface area contributed by atoms with Gasteiger partial charge in [-0.25, -0.2) is 9.37 Å². The van der Waals surface area contributed by atoms with Crippen LogP contribution in [-0.2, 0) is 0 Å². The molecule has 0 saturated heterocycles. The number of halogens is 2. The van der Waals surface area contributed by atoms with E-state index in [0.717, 1.165) is 5.56 Å². The van der Waals surface area contributed by atoms with Gasteiger partial charge in [0.2, 0.25) is 5.95 Å². The van der Waals surface area contributed by atoms with E-state index in [2.05, 4.69) is 20.6 Å². The molecule has 6 heteroatoms. The fraction of sp³-hybridized carbons (Fsp3) is 0.231. The van der Waals surface area contributed by atoms with Crippen LogP contribution in [0.1, 0.15) is 18.5 Å². The molecule has 0 spiro atoms. The van der Waals surface area contributed by atoms with E-state index in [1.54, 1.807) is 13.1 Å². The van der Waals surface area contributed by atoms with Crippen molar-refractivity contribution in [1.29, 1.82) is 0 Å². The highest BCUT2D eigenvalue weighted by molar-refractivity contribution is 6.32. The van der Waals surface area contributed by atoms with E-state index in [-0.39, 0.29) is 11.9 Å². The number of hydrogen-bond acceptors (Lipinski definition) is 4. The Morgan fingerprint density at radius 3 is 2.84 bits per heavy atom. The van der Waals surface area contributed by atoms with Gasteiger partial charge in [0, 0.05) is 7.05 Å². The standard InChI is InChI=1S/C13H14ClFN4/c1-8(9-4-3-5-10(15)6-9)18-12-11(14)7-17-13(16-2)19-12/h3-8H,1-2H3,(H2,16,17,18,19). The zero-order valence-corrected chi connectivity index (χ0v) is 11.4. The van der Waals surface area contributed by atoms with Crippen molar-refractivity contribution in [1.82, 2.24) is 9.97 Å². The maximum Gasteiger partial charge on any atom is 0.224 e. The third kappa shape index (κ3) is 3.32. The first kappa shape index (κ1) is 13.5. The predicted molar refractivity (Wildman–Crippen MR) is 75.0 cm³/mol. The first-order valence-corrected chi connectivity index (χ1v) is 6.20. The number of anilines is 2. The largest absolute Gasteiger partial charge is 0.362 e. The second kappa shape index (κ2) is 5.84. The van der Waals surface area contributed by atoms with Gasteiger partial charge in [0.1, 0.15) is 10.8 Å². The lowest BCUT2D eigenvalue weighted by molar-refractivity contribution is 0.623. The maximum absolute atomic E-state index is 13.2. The third-order valence-electron chi connectivity index (χ3n) is 2.67. The van der Waals surface area contributed by atoms with Gasteiger partial charge < -0.3 is 10.6 Å². The fourth-order valence-electron chi connectivity index (χ4n) is 1.65. The summed E-state index contributed by atoms with van der Waals surface area (Å²) in [6.45, 7) is 1.91. The van der Waals surface area contributed by atoms with Crippen molar-refractivity contribution in [2.45, 2.75) is 13.0 Å². The van der Waals surface area contributed by atoms with Crippen molar-refractivity contribution in [3.63, 3.8) is 0 Å². The Hall–Kier alpha value is -1.88. The first-order chi connectivity index (χ1) is 9.10. The second-order valence-electron chi connectivity index (χ2n) is 4.06. The molecule has 1 aromatic heterocycles. The number of nitrogens with zero attached hydrogens (tertiary/aromatic N) is 2. The number of benzene rings is 1. The molecule has 19 heavy (non-hydrogen) atoms. The molecule has 2 rings (SSSR count). The summed E-state index contributed by atoms with van der Waals surface area (Å²) < 4.78 is 13.2. The van der Waals surface area contributed by atoms with Crippen LogP contribution in [0.15, 0.2) is 30.5 Å². The number of rotatable bonds is 4. The molecule has 4 nitrogen and oxygen atoms in total. The zero-order chi connectivity index (χ0) is 13.8. The smallest absolute Gasteiger partial charge is 0.224 e. The Morgan fingerprint density at radius 2 is 2.16 bits per heavy atom. The summed E-state index contributed by atoms with van der Waals surface area (Å²) in [6, 6.07) is 6.28. The Balaban J connectivity index is 2.21. The number of nitrogens with one attached hydrogen (secondary N) is 2. The minimum atomic E-state index is -0.268. The van der Waals surface area contributed by atoms with E-state index in [9.17, 15) is 4.39 Å². The summed E-state index contributed by atoms with van der Waals surface area (Å²) in [4.78, 5) is 8.22. The third-order valence-corrected chi connectivity index (χ3v) is 2.95. The molecule has 0 radical (unpaired) electrons. The topological polar surface area (TPSA) is 49.8 Å². The van der Waals surface area contributed by atoms with E-state index in [1.807, 2.05) is 13.0 Å². The van der Waals surface area contributed by atoms with Crippen LogP contribution >= 0.6 is 11.6 Å². The summed E-state index contributed by atoms with van der Waals surface area (Å²) in [6.07, 6.45) is 1.51. The Morgan fingerprint density at radius 1 is 1.37 bits per heavy atom. The normalized spacial score (nSPS) is 12.0. The van der Waals surface area contributed by atoms with Gasteiger partial charge in [0.05, 0.1) is 12.2 Å². The van der Waals surface area contributed by atoms with E-state index >= 15 is 0 Å². The van der Waals surface area contributed by atoms with Gasteiger partial charge in [0.15, 0.2) is 5.82 Å². The molecule has 2 N–H and O–H groups in total. The summed E-state index contributed by atoms with van der Waals surface area (Å²) in [5.74, 6) is 0.715. The molecule has 1 heterocycles. The van der Waals surface area contributed by atoms with Crippen LogP contribution in [0, 0.1) is 5.82 Å². The average molecular weight is 281 g/mol. The molecule has 0 aliphatic carbocycles. The molecule has 1 aromatic carbocycles. The second-order valence-corrected chi connectivity index (χ2v) is 4.47. The number of hydrogen-bond donors (Lipinski definition) is 2. The molecule has 0 fully saturated rings. The Bertz CT molecular complexity index is 576. The van der Waals surface area contributed by atoms with Gasteiger partial charge in [-0.1, -0.05) is 23.7 Å². The SMILES string of the molecule is CNc1ncc(Cl)c(NC(C)c2cccc(F)c2)n1. The Labute approximate surface area is 116 Å². The molecule has 0 aliphatic heterocycles. The van der Waals surface area contributed by atoms with Crippen LogP contribution in [-0.4, -0.2) is 17.0 Å². The van der Waals surface area contributed by atoms with E-state index in [0.29, 0.717) is 16.8 Å². The lowest BCUT2D eigenvalue weighted by atomic mass is 10.1. The number of aromatic nitrogens is 2. The molecule has 0 saturated carbocycles. The summed E-state index contributed by atoms with van der Waals surface area (Å²) in [7, 11) is 1.73. The molecule has 0 bridgehead atoms. The van der Waals surface area contributed by atoms with Gasteiger partial charge >= 0.3 is 0 Å². The monoisotopic (exact) mass is 280 g/mol. The van der Waals surface area contributed by atoms with Gasteiger partial charge in [0.25, 0.3) is 0 Å². The van der Waals surface area contributed by atoms with Gasteiger partial charge in [-0.2, -0.15) is 4.98 Å². The van der Waals surface area contributed by atoms with Crippen LogP contribution in [0.4, 0.5) is 16.2 Å². The molecule has 1 unspecified atom stereocenters. The highest BCUT2D eigenvalue weighted by Gasteiger charge is 2.10. The van der Waals surface area contributed by atoms with Crippen LogP contribution < -0.4 is 10.6 Å². The van der Waals surface area contributed by atoms with Crippen LogP contribution in [0.3, 0.4) is 0 Å². The maximum atomic E-state index is 13.2. The van der Waals surface area contributed by atoms with Gasteiger partial charge in [-0.05, 0) is 24.6 Å². The molecule has 0 aliphatic rings. The minimum Gasteiger partial charge on any atom is -0.362 e. The van der Waals surface area contributed by atoms with Crippen molar-refractivity contribution >= 4 is 23.4 Å². The van der Waals surface area contributed by atoms with Crippen molar-refractivity contribution in [2.75, 3.05) is 17.7 Å². The van der Waals surface area contributed by atoms with E-state index in [1.165, 1.54) is 18.3 Å². The molecule has 100 valence electrons. The highest BCUT2D eigenvalue weighted by Crippen LogP contribution is 2.24. The quantitative estimate of drug-likeness (QED) is 0.900. The van der Waals surface area contributed by atoms with Gasteiger partial charge in [-0.3, -0.25) is 0 Å². The van der Waals surface area contributed by atoms with Crippen molar-refractivity contribution in [3.05, 3.63) is 46.9 Å². The lowest BCUT2D eigenvalue weighted by Gasteiger charge is -2.16. The minimum absolute atomic E-state index is 0.118. The van der Waals surface area contributed by atoms with Crippen molar-refractivity contribution in [3.8, 4) is 0 Å². The zero-order valence-electron chi connectivity index (χ0n) is 10.6. The van der Waals surface area contributed by atoms with Crippen LogP contribution in [0.5, 0.6) is 0 Å². The highest BCUT2D eigenvalue weighted by atomic mass is 35.5. The summed E-state index contributed by atoms with van der Waals surface area (Å²) in [5.41, 5.74) is 0.820. The van der Waals surface area contributed by atoms with Crippen LogP contribution in [0.25, 0.3) is 0 Å². The lowest BCUT2D eigenvalue weighted by Crippen LogP contribution is -2.10. The molecule has 2 aromatic rings. The average Bonchev–Trinajstić information content (AvgIpc) is 2.41. The van der Waals surface area contributed by atoms with E-state index < -0.39 is 0 Å². The molecular weight excluding hydrogens is 267 g/mol. The molecular formula is C13H14ClFN4. The van der Waals surface area contributed by atoms with Crippen molar-refractivity contribution < 1.29 is 4.39 Å². The van der Waals surface area contributed by atoms with Crippen LogP contribution in [0.2, 0.25) is 5.02 Å². The summed E-state index contributed by atoms with van der Waals surface area (Å²) in [5, 5.41) is 6.39. The van der Waals surface area contributed by atoms with Crippen molar-refractivity contribution in [2.24, 2.45) is 0 Å². The fourth-order valence-corrected chi connectivity index (χ4v) is 1.80.